The number of fused-ring (bicyclic) bond motifs is 1. The molecule has 0 bridgehead atoms. The second-order valence-corrected chi connectivity index (χ2v) is 12.1. The molecule has 7 atom stereocenters. The smallest absolute Gasteiger partial charge is 0.114 e. The van der Waals surface area contributed by atoms with Gasteiger partial charge in [-0.25, -0.2) is 0 Å². The van der Waals surface area contributed by atoms with Gasteiger partial charge in [-0.2, -0.15) is 0 Å². The molecule has 1 unspecified atom stereocenters. The van der Waals surface area contributed by atoms with Crippen LogP contribution in [0.15, 0.2) is 35.5 Å². The maximum Gasteiger partial charge on any atom is 0.114 e. The molecule has 0 aromatic heterocycles. The zero-order valence-electron chi connectivity index (χ0n) is 21.8. The summed E-state index contributed by atoms with van der Waals surface area (Å²) in [6.07, 6.45) is 12.1. The van der Waals surface area contributed by atoms with Crippen molar-refractivity contribution in [1.82, 2.24) is 0 Å². The lowest BCUT2D eigenvalue weighted by atomic mass is 9.62. The molecule has 194 valence electrons. The molecule has 5 heteroatoms. The normalized spacial score (nSPS) is 37.9. The lowest BCUT2D eigenvalue weighted by Crippen LogP contribution is -2.46. The summed E-state index contributed by atoms with van der Waals surface area (Å²) in [7, 11) is 0. The zero-order chi connectivity index (χ0) is 25.1. The van der Waals surface area contributed by atoms with Crippen LogP contribution in [0.4, 0.5) is 0 Å². The largest absolute Gasteiger partial charge is 0.391 e. The van der Waals surface area contributed by atoms with Gasteiger partial charge in [-0.3, -0.25) is 0 Å². The van der Waals surface area contributed by atoms with Crippen LogP contribution in [0.3, 0.4) is 0 Å². The Hall–Kier alpha value is -0.980. The quantitative estimate of drug-likeness (QED) is 0.358. The highest BCUT2D eigenvalue weighted by molar-refractivity contribution is 5.40. The first-order chi connectivity index (χ1) is 15.9. The van der Waals surface area contributed by atoms with Crippen LogP contribution in [-0.4, -0.2) is 57.0 Å². The highest BCUT2D eigenvalue weighted by Crippen LogP contribution is 2.58. The van der Waals surface area contributed by atoms with Crippen LogP contribution in [0.1, 0.15) is 91.9 Å². The highest BCUT2D eigenvalue weighted by Gasteiger charge is 2.48. The van der Waals surface area contributed by atoms with Gasteiger partial charge >= 0.3 is 0 Å². The Morgan fingerprint density at radius 3 is 2.62 bits per heavy atom. The first-order valence-electron chi connectivity index (χ1n) is 13.4. The van der Waals surface area contributed by atoms with Crippen molar-refractivity contribution >= 4 is 0 Å². The van der Waals surface area contributed by atoms with Gasteiger partial charge in [0.25, 0.3) is 0 Å². The third-order valence-electron chi connectivity index (χ3n) is 8.67. The molecule has 5 nitrogen and oxygen atoms in total. The monoisotopic (exact) mass is 476 g/mol. The SMILES string of the molecule is C=C1/C(=C\C=C2/CCC[C@]3(C)[C@@H](CCCCC(C)(C)O)CC[C@@H]23)C[C@@H](O)[C@H](OCC(C)O)[C@@H]1O. The summed E-state index contributed by atoms with van der Waals surface area (Å²) in [6.45, 7) is 12.1. The molecule has 0 spiro atoms. The van der Waals surface area contributed by atoms with E-state index in [-0.39, 0.29) is 6.61 Å². The number of hydrogen-bond donors (Lipinski definition) is 4. The Morgan fingerprint density at radius 1 is 1.21 bits per heavy atom. The number of hydrogen-bond acceptors (Lipinski definition) is 5. The van der Waals surface area contributed by atoms with Crippen LogP contribution in [0.25, 0.3) is 0 Å². The second-order valence-electron chi connectivity index (χ2n) is 12.1. The summed E-state index contributed by atoms with van der Waals surface area (Å²) in [5, 5.41) is 40.7. The summed E-state index contributed by atoms with van der Waals surface area (Å²) in [5.41, 5.74) is 2.78. The Labute approximate surface area is 206 Å². The fourth-order valence-electron chi connectivity index (χ4n) is 6.68. The summed E-state index contributed by atoms with van der Waals surface area (Å²) >= 11 is 0. The first kappa shape index (κ1) is 27.6. The molecule has 3 fully saturated rings. The van der Waals surface area contributed by atoms with Crippen LogP contribution in [0, 0.1) is 17.3 Å². The molecule has 0 saturated heterocycles. The average molecular weight is 477 g/mol. The van der Waals surface area contributed by atoms with Gasteiger partial charge in [-0.05, 0) is 94.1 Å². The van der Waals surface area contributed by atoms with Gasteiger partial charge in [0, 0.05) is 6.42 Å². The predicted octanol–water partition coefficient (Wildman–Crippen LogP) is 4.83. The standard InChI is InChI=1S/C29H48O5/c1-19(30)18-34-27-25(31)17-22(20(2)26(27)32)12-11-21-9-8-16-29(5)23(13-14-24(21)29)10-6-7-15-28(3,4)33/h11-12,19,23-27,30-33H,2,6-10,13-18H2,1,3-5H3/b21-11+,22-12-/t19?,23-,24-,25+,26+,27-,29+/m0/s1. The Balaban J connectivity index is 1.64. The van der Waals surface area contributed by atoms with Gasteiger partial charge in [0.05, 0.1) is 24.4 Å². The minimum Gasteiger partial charge on any atom is -0.391 e. The summed E-state index contributed by atoms with van der Waals surface area (Å²) < 4.78 is 5.56. The van der Waals surface area contributed by atoms with E-state index in [1.165, 1.54) is 44.1 Å². The van der Waals surface area contributed by atoms with Crippen molar-refractivity contribution < 1.29 is 25.2 Å². The molecule has 4 N–H and O–H groups in total. The van der Waals surface area contributed by atoms with Gasteiger partial charge < -0.3 is 25.2 Å². The lowest BCUT2D eigenvalue weighted by molar-refractivity contribution is -0.111. The Morgan fingerprint density at radius 2 is 1.94 bits per heavy atom. The zero-order valence-corrected chi connectivity index (χ0v) is 21.8. The molecule has 3 aliphatic carbocycles. The van der Waals surface area contributed by atoms with E-state index < -0.39 is 30.0 Å². The van der Waals surface area contributed by atoms with Gasteiger partial charge in [0.2, 0.25) is 0 Å². The Bertz CT molecular complexity index is 761. The predicted molar refractivity (Wildman–Crippen MR) is 136 cm³/mol. The minimum absolute atomic E-state index is 0.0777. The van der Waals surface area contributed by atoms with Crippen LogP contribution < -0.4 is 0 Å². The Kier molecular flexibility index (Phi) is 9.24. The number of rotatable bonds is 9. The molecule has 0 aliphatic heterocycles. The van der Waals surface area contributed by atoms with Gasteiger partial charge in [-0.15, -0.1) is 0 Å². The molecule has 0 amide bonds. The van der Waals surface area contributed by atoms with Crippen LogP contribution >= 0.6 is 0 Å². The van der Waals surface area contributed by atoms with Gasteiger partial charge in [0.1, 0.15) is 12.2 Å². The van der Waals surface area contributed by atoms with E-state index in [1.807, 2.05) is 13.8 Å². The number of aliphatic hydroxyl groups is 4. The molecule has 3 aliphatic rings. The van der Waals surface area contributed by atoms with E-state index in [0.717, 1.165) is 30.8 Å². The minimum atomic E-state index is -0.969. The maximum absolute atomic E-state index is 10.7. The second kappa shape index (κ2) is 11.4. The lowest BCUT2D eigenvalue weighted by Gasteiger charge is -2.42. The van der Waals surface area contributed by atoms with Crippen molar-refractivity contribution in [2.75, 3.05) is 6.61 Å². The maximum atomic E-state index is 10.7. The van der Waals surface area contributed by atoms with E-state index in [2.05, 4.69) is 25.7 Å². The number of ether oxygens (including phenoxy) is 1. The third-order valence-corrected chi connectivity index (χ3v) is 8.67. The van der Waals surface area contributed by atoms with Crippen molar-refractivity contribution in [2.45, 2.75) is 122 Å². The molecular weight excluding hydrogens is 428 g/mol. The van der Waals surface area contributed by atoms with Gasteiger partial charge in [-0.1, -0.05) is 44.1 Å². The van der Waals surface area contributed by atoms with Crippen LogP contribution in [0.5, 0.6) is 0 Å². The fraction of sp³-hybridized carbons (Fsp3) is 0.793. The summed E-state index contributed by atoms with van der Waals surface area (Å²) in [4.78, 5) is 0. The molecule has 0 heterocycles. The van der Waals surface area contributed by atoms with Crippen molar-refractivity contribution in [3.63, 3.8) is 0 Å². The average Bonchev–Trinajstić information content (AvgIpc) is 3.08. The topological polar surface area (TPSA) is 90.2 Å². The van der Waals surface area contributed by atoms with E-state index in [0.29, 0.717) is 23.3 Å². The van der Waals surface area contributed by atoms with Crippen molar-refractivity contribution in [3.8, 4) is 0 Å². The van der Waals surface area contributed by atoms with Crippen molar-refractivity contribution in [1.29, 1.82) is 0 Å². The number of aliphatic hydroxyl groups excluding tert-OH is 3. The third kappa shape index (κ3) is 6.61. The fourth-order valence-corrected chi connectivity index (χ4v) is 6.68. The molecular formula is C29H48O5. The summed E-state index contributed by atoms with van der Waals surface area (Å²) in [6, 6.07) is 0. The van der Waals surface area contributed by atoms with Crippen LogP contribution in [0.2, 0.25) is 0 Å². The molecule has 3 rings (SSSR count). The first-order valence-corrected chi connectivity index (χ1v) is 13.4. The molecule has 0 aromatic carbocycles. The van der Waals surface area contributed by atoms with Crippen LogP contribution in [-0.2, 0) is 4.74 Å². The van der Waals surface area contributed by atoms with E-state index in [1.54, 1.807) is 6.92 Å². The molecule has 34 heavy (non-hydrogen) atoms. The van der Waals surface area contributed by atoms with E-state index in [4.69, 9.17) is 4.74 Å². The molecule has 3 saturated carbocycles. The van der Waals surface area contributed by atoms with Gasteiger partial charge in [0.15, 0.2) is 0 Å². The van der Waals surface area contributed by atoms with Crippen molar-refractivity contribution in [2.24, 2.45) is 17.3 Å². The van der Waals surface area contributed by atoms with E-state index >= 15 is 0 Å². The molecule has 0 aromatic rings. The molecule has 0 radical (unpaired) electrons. The summed E-state index contributed by atoms with van der Waals surface area (Å²) in [5.74, 6) is 1.35. The highest BCUT2D eigenvalue weighted by atomic mass is 16.5. The number of unbranched alkanes of at least 4 members (excludes halogenated alkanes) is 1. The number of allylic oxidation sites excluding steroid dienone is 3. The van der Waals surface area contributed by atoms with Crippen molar-refractivity contribution in [3.05, 3.63) is 35.5 Å². The van der Waals surface area contributed by atoms with E-state index in [9.17, 15) is 20.4 Å².